The van der Waals surface area contributed by atoms with Crippen molar-refractivity contribution < 1.29 is 22.7 Å². The number of hydrogen-bond donors (Lipinski definition) is 1. The summed E-state index contributed by atoms with van der Waals surface area (Å²) in [6, 6.07) is 11.2. The molecule has 27 heavy (non-hydrogen) atoms. The lowest BCUT2D eigenvalue weighted by Gasteiger charge is -2.14. The summed E-state index contributed by atoms with van der Waals surface area (Å²) in [4.78, 5) is 24.0. The number of carbonyl (C=O) groups is 2. The second kappa shape index (κ2) is 8.64. The summed E-state index contributed by atoms with van der Waals surface area (Å²) in [5.74, 6) is -1.29. The highest BCUT2D eigenvalue weighted by Crippen LogP contribution is 2.25. The van der Waals surface area contributed by atoms with Gasteiger partial charge in [-0.05, 0) is 53.2 Å². The number of aryl methyl sites for hydroxylation is 1. The van der Waals surface area contributed by atoms with E-state index in [0.29, 0.717) is 10.2 Å². The number of anilines is 1. The van der Waals surface area contributed by atoms with Gasteiger partial charge in [-0.1, -0.05) is 17.7 Å². The average molecular weight is 455 g/mol. The van der Waals surface area contributed by atoms with E-state index in [1.807, 2.05) is 19.1 Å². The van der Waals surface area contributed by atoms with Crippen molar-refractivity contribution >= 4 is 43.5 Å². The molecular formula is C18H19BrN2O5S. The minimum atomic E-state index is -3.74. The topological polar surface area (TPSA) is 92.8 Å². The molecule has 0 bridgehead atoms. The predicted molar refractivity (Wildman–Crippen MR) is 105 cm³/mol. The van der Waals surface area contributed by atoms with Gasteiger partial charge >= 0.3 is 5.97 Å². The Morgan fingerprint density at radius 1 is 1.11 bits per heavy atom. The third-order valence-electron chi connectivity index (χ3n) is 3.60. The van der Waals surface area contributed by atoms with E-state index in [1.54, 1.807) is 12.1 Å². The Labute approximate surface area is 166 Å². The maximum absolute atomic E-state index is 12.3. The Kier molecular flexibility index (Phi) is 6.74. The smallest absolute Gasteiger partial charge is 0.338 e. The molecule has 2 aromatic rings. The van der Waals surface area contributed by atoms with Crippen molar-refractivity contribution in [2.75, 3.05) is 26.0 Å². The van der Waals surface area contributed by atoms with Crippen LogP contribution in [-0.2, 0) is 19.6 Å². The largest absolute Gasteiger partial charge is 0.452 e. The van der Waals surface area contributed by atoms with Gasteiger partial charge in [0, 0.05) is 24.3 Å². The van der Waals surface area contributed by atoms with Crippen LogP contribution < -0.4 is 5.32 Å². The van der Waals surface area contributed by atoms with E-state index < -0.39 is 28.5 Å². The summed E-state index contributed by atoms with van der Waals surface area (Å²) in [6.07, 6.45) is 0. The monoisotopic (exact) mass is 454 g/mol. The standard InChI is InChI=1S/C18H19BrN2O5S/c1-12-4-7-14(8-5-12)20-17(22)11-26-18(23)13-6-9-15(19)16(10-13)27(24,25)21(2)3/h4-10H,11H2,1-3H3,(H,20,22). The van der Waals surface area contributed by atoms with Crippen LogP contribution in [0.5, 0.6) is 0 Å². The maximum atomic E-state index is 12.3. The van der Waals surface area contributed by atoms with Crippen LogP contribution in [0.1, 0.15) is 15.9 Å². The molecule has 0 aliphatic carbocycles. The van der Waals surface area contributed by atoms with Gasteiger partial charge in [-0.2, -0.15) is 0 Å². The average Bonchev–Trinajstić information content (AvgIpc) is 2.61. The first-order valence-electron chi connectivity index (χ1n) is 7.87. The number of sulfonamides is 1. The highest BCUT2D eigenvalue weighted by atomic mass is 79.9. The molecule has 0 aliphatic rings. The van der Waals surface area contributed by atoms with Gasteiger partial charge in [0.25, 0.3) is 5.91 Å². The van der Waals surface area contributed by atoms with Crippen molar-refractivity contribution in [2.45, 2.75) is 11.8 Å². The normalized spacial score (nSPS) is 11.3. The van der Waals surface area contributed by atoms with E-state index in [9.17, 15) is 18.0 Å². The Balaban J connectivity index is 2.06. The first-order valence-corrected chi connectivity index (χ1v) is 10.1. The maximum Gasteiger partial charge on any atom is 0.338 e. The molecule has 7 nitrogen and oxygen atoms in total. The van der Waals surface area contributed by atoms with Gasteiger partial charge in [0.1, 0.15) is 0 Å². The molecule has 0 saturated carbocycles. The number of ether oxygens (including phenoxy) is 1. The van der Waals surface area contributed by atoms with E-state index in [-0.39, 0.29) is 10.5 Å². The molecule has 0 spiro atoms. The van der Waals surface area contributed by atoms with E-state index in [2.05, 4.69) is 21.2 Å². The summed E-state index contributed by atoms with van der Waals surface area (Å²) < 4.78 is 30.9. The van der Waals surface area contributed by atoms with Gasteiger partial charge in [-0.3, -0.25) is 4.79 Å². The minimum Gasteiger partial charge on any atom is -0.452 e. The minimum absolute atomic E-state index is 0.0294. The number of esters is 1. The molecule has 144 valence electrons. The molecule has 9 heteroatoms. The second-order valence-electron chi connectivity index (χ2n) is 5.92. The zero-order valence-electron chi connectivity index (χ0n) is 15.0. The molecule has 0 aromatic heterocycles. The highest BCUT2D eigenvalue weighted by molar-refractivity contribution is 9.10. The van der Waals surface area contributed by atoms with Gasteiger partial charge < -0.3 is 10.1 Å². The van der Waals surface area contributed by atoms with E-state index >= 15 is 0 Å². The third kappa shape index (κ3) is 5.38. The molecule has 0 radical (unpaired) electrons. The fourth-order valence-electron chi connectivity index (χ4n) is 2.07. The van der Waals surface area contributed by atoms with Gasteiger partial charge in [0.2, 0.25) is 10.0 Å². The molecular weight excluding hydrogens is 436 g/mol. The lowest BCUT2D eigenvalue weighted by atomic mass is 10.2. The van der Waals surface area contributed by atoms with Crippen LogP contribution >= 0.6 is 15.9 Å². The van der Waals surface area contributed by atoms with Crippen molar-refractivity contribution in [1.82, 2.24) is 4.31 Å². The van der Waals surface area contributed by atoms with E-state index in [4.69, 9.17) is 4.74 Å². The molecule has 0 heterocycles. The zero-order chi connectivity index (χ0) is 20.2. The van der Waals surface area contributed by atoms with E-state index in [1.165, 1.54) is 32.3 Å². The number of hydrogen-bond acceptors (Lipinski definition) is 5. The quantitative estimate of drug-likeness (QED) is 0.677. The van der Waals surface area contributed by atoms with Crippen molar-refractivity contribution in [3.05, 3.63) is 58.1 Å². The molecule has 1 N–H and O–H groups in total. The summed E-state index contributed by atoms with van der Waals surface area (Å²) in [5.41, 5.74) is 1.67. The Hall–Kier alpha value is -2.23. The van der Waals surface area contributed by atoms with Crippen LogP contribution in [0.25, 0.3) is 0 Å². The summed E-state index contributed by atoms with van der Waals surface area (Å²) >= 11 is 3.17. The van der Waals surface area contributed by atoms with Crippen molar-refractivity contribution in [1.29, 1.82) is 0 Å². The van der Waals surface area contributed by atoms with Gasteiger partial charge in [-0.25, -0.2) is 17.5 Å². The SMILES string of the molecule is Cc1ccc(NC(=O)COC(=O)c2ccc(Br)c(S(=O)(=O)N(C)C)c2)cc1. The lowest BCUT2D eigenvalue weighted by Crippen LogP contribution is -2.23. The fourth-order valence-corrected chi connectivity index (χ4v) is 3.92. The van der Waals surface area contributed by atoms with Gasteiger partial charge in [-0.15, -0.1) is 0 Å². The molecule has 0 saturated heterocycles. The lowest BCUT2D eigenvalue weighted by molar-refractivity contribution is -0.119. The molecule has 0 fully saturated rings. The summed E-state index contributed by atoms with van der Waals surface area (Å²) in [7, 11) is -0.958. The first-order chi connectivity index (χ1) is 12.6. The molecule has 1 amide bonds. The highest BCUT2D eigenvalue weighted by Gasteiger charge is 2.22. The number of benzene rings is 2. The fraction of sp³-hybridized carbons (Fsp3) is 0.222. The van der Waals surface area contributed by atoms with Crippen LogP contribution in [0.15, 0.2) is 51.8 Å². The van der Waals surface area contributed by atoms with Crippen LogP contribution in [0.4, 0.5) is 5.69 Å². The number of amides is 1. The molecule has 0 unspecified atom stereocenters. The third-order valence-corrected chi connectivity index (χ3v) is 6.40. The zero-order valence-corrected chi connectivity index (χ0v) is 17.4. The first kappa shape index (κ1) is 21.1. The Morgan fingerprint density at radius 2 is 1.74 bits per heavy atom. The van der Waals surface area contributed by atoms with Crippen molar-refractivity contribution in [3.8, 4) is 0 Å². The van der Waals surface area contributed by atoms with Crippen molar-refractivity contribution in [2.24, 2.45) is 0 Å². The molecule has 2 rings (SSSR count). The number of nitrogens with zero attached hydrogens (tertiary/aromatic N) is 1. The Morgan fingerprint density at radius 3 is 2.33 bits per heavy atom. The van der Waals surface area contributed by atoms with Gasteiger partial charge in [0.15, 0.2) is 6.61 Å². The van der Waals surface area contributed by atoms with Crippen LogP contribution in [0.3, 0.4) is 0 Å². The number of carbonyl (C=O) groups excluding carboxylic acids is 2. The second-order valence-corrected chi connectivity index (χ2v) is 8.90. The summed E-state index contributed by atoms with van der Waals surface area (Å²) in [5, 5.41) is 2.61. The number of halogens is 1. The van der Waals surface area contributed by atoms with E-state index in [0.717, 1.165) is 9.87 Å². The number of nitrogens with one attached hydrogen (secondary N) is 1. The molecule has 2 aromatic carbocycles. The predicted octanol–water partition coefficient (Wildman–Crippen LogP) is 2.80. The number of rotatable bonds is 6. The molecule has 0 atom stereocenters. The Bertz CT molecular complexity index is 956. The van der Waals surface area contributed by atoms with Gasteiger partial charge in [0.05, 0.1) is 10.5 Å². The van der Waals surface area contributed by atoms with Crippen LogP contribution in [0, 0.1) is 6.92 Å². The van der Waals surface area contributed by atoms with Crippen molar-refractivity contribution in [3.63, 3.8) is 0 Å². The van der Waals surface area contributed by atoms with Crippen LogP contribution in [0.2, 0.25) is 0 Å². The van der Waals surface area contributed by atoms with Crippen LogP contribution in [-0.4, -0.2) is 45.3 Å². The summed E-state index contributed by atoms with van der Waals surface area (Å²) in [6.45, 7) is 1.44. The molecule has 0 aliphatic heterocycles.